The lowest BCUT2D eigenvalue weighted by atomic mass is 10.1. The molecule has 5 nitrogen and oxygen atoms in total. The smallest absolute Gasteiger partial charge is 0.420 e. The lowest BCUT2D eigenvalue weighted by Gasteiger charge is -2.20. The van der Waals surface area contributed by atoms with Gasteiger partial charge in [-0.3, -0.25) is 10.1 Å². The molecule has 0 aliphatic rings. The van der Waals surface area contributed by atoms with Crippen LogP contribution in [0, 0.1) is 10.1 Å². The summed E-state index contributed by atoms with van der Waals surface area (Å²) in [6, 6.07) is 1.58. The molecule has 0 unspecified atom stereocenters. The highest BCUT2D eigenvalue weighted by atomic mass is 19.4. The van der Waals surface area contributed by atoms with Crippen molar-refractivity contribution in [2.24, 2.45) is 0 Å². The highest BCUT2D eigenvalue weighted by molar-refractivity contribution is 5.68. The monoisotopic (exact) mass is 292 g/mol. The molecular formula is C12H15F3N2O3. The van der Waals surface area contributed by atoms with Crippen LogP contribution in [0.4, 0.5) is 24.5 Å². The number of hydrogen-bond donors (Lipinski definition) is 0. The van der Waals surface area contributed by atoms with Crippen molar-refractivity contribution in [1.29, 1.82) is 0 Å². The molecule has 0 amide bonds. The van der Waals surface area contributed by atoms with Crippen molar-refractivity contribution >= 4 is 11.4 Å². The van der Waals surface area contributed by atoms with Crippen LogP contribution in [0.2, 0.25) is 0 Å². The summed E-state index contributed by atoms with van der Waals surface area (Å²) in [7, 11) is 1.56. The minimum absolute atomic E-state index is 0.0379. The van der Waals surface area contributed by atoms with Gasteiger partial charge >= 0.3 is 6.18 Å². The van der Waals surface area contributed by atoms with Crippen molar-refractivity contribution in [2.75, 3.05) is 25.1 Å². The first-order valence-electron chi connectivity index (χ1n) is 5.95. The lowest BCUT2D eigenvalue weighted by Crippen LogP contribution is -2.19. The first-order chi connectivity index (χ1) is 9.22. The van der Waals surface area contributed by atoms with E-state index >= 15 is 0 Å². The summed E-state index contributed by atoms with van der Waals surface area (Å²) in [6.45, 7) is 3.74. The fraction of sp³-hybridized carbons (Fsp3) is 0.500. The molecule has 0 heterocycles. The normalized spacial score (nSPS) is 11.3. The molecule has 0 radical (unpaired) electrons. The Hall–Kier alpha value is -1.99. The molecule has 0 atom stereocenters. The average molecular weight is 292 g/mol. The molecule has 0 saturated heterocycles. The fourth-order valence-electron chi connectivity index (χ4n) is 1.68. The molecule has 1 aromatic rings. The van der Waals surface area contributed by atoms with E-state index in [-0.39, 0.29) is 12.3 Å². The molecule has 0 bridgehead atoms. The van der Waals surface area contributed by atoms with Crippen molar-refractivity contribution in [2.45, 2.75) is 20.0 Å². The van der Waals surface area contributed by atoms with Gasteiger partial charge < -0.3 is 9.64 Å². The SMILES string of the molecule is CCOc1cc(N(C)CC)c([N+](=O)[O-])cc1C(F)(F)F. The van der Waals surface area contributed by atoms with Gasteiger partial charge in [0, 0.05) is 25.7 Å². The Kier molecular flexibility index (Phi) is 4.80. The minimum atomic E-state index is -4.71. The summed E-state index contributed by atoms with van der Waals surface area (Å²) >= 11 is 0. The van der Waals surface area contributed by atoms with Crippen LogP contribution < -0.4 is 9.64 Å². The second-order valence-electron chi connectivity index (χ2n) is 4.04. The maximum Gasteiger partial charge on any atom is 0.420 e. The molecule has 0 spiro atoms. The summed E-state index contributed by atoms with van der Waals surface area (Å²) in [5.41, 5.74) is -1.64. The van der Waals surface area contributed by atoms with Crippen LogP contribution in [-0.4, -0.2) is 25.1 Å². The van der Waals surface area contributed by atoms with Crippen molar-refractivity contribution in [1.82, 2.24) is 0 Å². The van der Waals surface area contributed by atoms with Crippen LogP contribution in [0.5, 0.6) is 5.75 Å². The summed E-state index contributed by atoms with van der Waals surface area (Å²) in [6.07, 6.45) is -4.71. The van der Waals surface area contributed by atoms with Crippen molar-refractivity contribution in [3.63, 3.8) is 0 Å². The van der Waals surface area contributed by atoms with Gasteiger partial charge in [0.05, 0.1) is 11.5 Å². The number of benzene rings is 1. The Balaban J connectivity index is 3.55. The number of nitro benzene ring substituents is 1. The van der Waals surface area contributed by atoms with E-state index in [1.54, 1.807) is 20.9 Å². The van der Waals surface area contributed by atoms with Gasteiger partial charge in [-0.2, -0.15) is 13.2 Å². The second kappa shape index (κ2) is 5.98. The quantitative estimate of drug-likeness (QED) is 0.616. The standard InChI is InChI=1S/C12H15F3N2O3/c1-4-16(3)9-7-11(20-5-2)8(12(13,14)15)6-10(9)17(18)19/h6-7H,4-5H2,1-3H3. The van der Waals surface area contributed by atoms with E-state index in [9.17, 15) is 23.3 Å². The fourth-order valence-corrected chi connectivity index (χ4v) is 1.68. The molecule has 0 aromatic heterocycles. The van der Waals surface area contributed by atoms with Crippen LogP contribution in [0.3, 0.4) is 0 Å². The molecule has 0 fully saturated rings. The molecule has 1 rings (SSSR count). The Morgan fingerprint density at radius 1 is 1.35 bits per heavy atom. The maximum absolute atomic E-state index is 12.9. The van der Waals surface area contributed by atoms with Gasteiger partial charge in [0.2, 0.25) is 0 Å². The highest BCUT2D eigenvalue weighted by Crippen LogP contribution is 2.42. The predicted octanol–water partition coefficient (Wildman–Crippen LogP) is 3.47. The molecule has 112 valence electrons. The Morgan fingerprint density at radius 2 is 1.95 bits per heavy atom. The van der Waals surface area contributed by atoms with E-state index in [0.717, 1.165) is 6.07 Å². The number of nitrogens with zero attached hydrogens (tertiary/aromatic N) is 2. The van der Waals surface area contributed by atoms with Gasteiger partial charge in [0.1, 0.15) is 17.0 Å². The number of ether oxygens (including phenoxy) is 1. The maximum atomic E-state index is 12.9. The minimum Gasteiger partial charge on any atom is -0.493 e. The van der Waals surface area contributed by atoms with Crippen molar-refractivity contribution in [3.8, 4) is 5.75 Å². The van der Waals surface area contributed by atoms with Gasteiger partial charge in [-0.05, 0) is 13.8 Å². The zero-order valence-corrected chi connectivity index (χ0v) is 11.3. The van der Waals surface area contributed by atoms with Crippen LogP contribution in [-0.2, 0) is 6.18 Å². The average Bonchev–Trinajstić information content (AvgIpc) is 2.36. The van der Waals surface area contributed by atoms with Crippen LogP contribution >= 0.6 is 0 Å². The number of alkyl halides is 3. The predicted molar refractivity (Wildman–Crippen MR) is 68.2 cm³/mol. The van der Waals surface area contributed by atoms with E-state index in [2.05, 4.69) is 0 Å². The van der Waals surface area contributed by atoms with Gasteiger partial charge in [0.25, 0.3) is 5.69 Å². The highest BCUT2D eigenvalue weighted by Gasteiger charge is 2.37. The zero-order chi connectivity index (χ0) is 15.5. The number of rotatable bonds is 5. The van der Waals surface area contributed by atoms with Crippen LogP contribution in [0.25, 0.3) is 0 Å². The third-order valence-corrected chi connectivity index (χ3v) is 2.76. The summed E-state index contributed by atoms with van der Waals surface area (Å²) in [5, 5.41) is 11.0. The number of nitro groups is 1. The molecule has 0 N–H and O–H groups in total. The first-order valence-corrected chi connectivity index (χ1v) is 5.95. The second-order valence-corrected chi connectivity index (χ2v) is 4.04. The number of anilines is 1. The van der Waals surface area contributed by atoms with Crippen molar-refractivity contribution in [3.05, 3.63) is 27.8 Å². The van der Waals surface area contributed by atoms with Crippen LogP contribution in [0.15, 0.2) is 12.1 Å². The molecule has 8 heteroatoms. The third kappa shape index (κ3) is 3.31. The van der Waals surface area contributed by atoms with E-state index in [0.29, 0.717) is 12.6 Å². The van der Waals surface area contributed by atoms with E-state index in [1.165, 1.54) is 4.90 Å². The van der Waals surface area contributed by atoms with Gasteiger partial charge in [-0.15, -0.1) is 0 Å². The molecule has 0 aliphatic heterocycles. The van der Waals surface area contributed by atoms with Gasteiger partial charge in [0.15, 0.2) is 0 Å². The Bertz CT molecular complexity index is 503. The molecule has 20 heavy (non-hydrogen) atoms. The van der Waals surface area contributed by atoms with Crippen molar-refractivity contribution < 1.29 is 22.8 Å². The Morgan fingerprint density at radius 3 is 2.35 bits per heavy atom. The van der Waals surface area contributed by atoms with Gasteiger partial charge in [-0.25, -0.2) is 0 Å². The van der Waals surface area contributed by atoms with E-state index in [1.807, 2.05) is 0 Å². The largest absolute Gasteiger partial charge is 0.493 e. The van der Waals surface area contributed by atoms with E-state index < -0.39 is 28.1 Å². The van der Waals surface area contributed by atoms with Crippen LogP contribution in [0.1, 0.15) is 19.4 Å². The topological polar surface area (TPSA) is 55.6 Å². The Labute approximate surface area is 114 Å². The molecule has 0 saturated carbocycles. The van der Waals surface area contributed by atoms with Gasteiger partial charge in [-0.1, -0.05) is 0 Å². The molecule has 1 aromatic carbocycles. The summed E-state index contributed by atoms with van der Waals surface area (Å²) in [5.74, 6) is -0.402. The summed E-state index contributed by atoms with van der Waals surface area (Å²) < 4.78 is 43.7. The third-order valence-electron chi connectivity index (χ3n) is 2.76. The zero-order valence-electron chi connectivity index (χ0n) is 11.3. The number of hydrogen-bond acceptors (Lipinski definition) is 4. The lowest BCUT2D eigenvalue weighted by molar-refractivity contribution is -0.384. The van der Waals surface area contributed by atoms with E-state index in [4.69, 9.17) is 4.74 Å². The first kappa shape index (κ1) is 16.1. The number of halogens is 3. The summed E-state index contributed by atoms with van der Waals surface area (Å²) in [4.78, 5) is 11.6. The molecule has 0 aliphatic carbocycles. The molecular weight excluding hydrogens is 277 g/mol.